The van der Waals surface area contributed by atoms with Gasteiger partial charge in [0.25, 0.3) is 10.0 Å². The fourth-order valence-corrected chi connectivity index (χ4v) is 2.39. The van der Waals surface area contributed by atoms with Crippen molar-refractivity contribution < 1.29 is 8.42 Å². The second-order valence-electron chi connectivity index (χ2n) is 3.82. The summed E-state index contributed by atoms with van der Waals surface area (Å²) < 4.78 is 26.4. The monoisotopic (exact) mass is 266 g/mol. The minimum atomic E-state index is -3.65. The largest absolute Gasteiger partial charge is 0.332 e. The molecule has 18 heavy (non-hydrogen) atoms. The fourth-order valence-electron chi connectivity index (χ4n) is 1.45. The minimum Gasteiger partial charge on any atom is -0.332 e. The fraction of sp³-hybridized carbons (Fsp3) is 0.273. The van der Waals surface area contributed by atoms with Gasteiger partial charge in [-0.05, 0) is 19.1 Å². The van der Waals surface area contributed by atoms with Gasteiger partial charge in [0.2, 0.25) is 0 Å². The van der Waals surface area contributed by atoms with Crippen LogP contribution in [0, 0.1) is 6.92 Å². The highest BCUT2D eigenvalue weighted by atomic mass is 32.2. The van der Waals surface area contributed by atoms with Gasteiger partial charge in [-0.1, -0.05) is 13.0 Å². The van der Waals surface area contributed by atoms with E-state index in [1.807, 2.05) is 6.92 Å². The number of nitrogens with zero attached hydrogens (tertiary/aromatic N) is 2. The number of sulfonamides is 1. The zero-order valence-corrected chi connectivity index (χ0v) is 11.0. The Morgan fingerprint density at radius 1 is 1.39 bits per heavy atom. The van der Waals surface area contributed by atoms with Gasteiger partial charge < -0.3 is 4.98 Å². The van der Waals surface area contributed by atoms with Crippen molar-refractivity contribution in [3.63, 3.8) is 0 Å². The maximum atomic E-state index is 12.0. The molecule has 2 aromatic rings. The van der Waals surface area contributed by atoms with Gasteiger partial charge in [0.05, 0.1) is 6.20 Å². The molecule has 2 N–H and O–H groups in total. The van der Waals surface area contributed by atoms with Crippen LogP contribution in [0.15, 0.2) is 29.4 Å². The van der Waals surface area contributed by atoms with E-state index in [1.165, 1.54) is 6.20 Å². The number of H-pyrrole nitrogens is 1. The molecule has 0 amide bonds. The molecule has 0 spiro atoms. The van der Waals surface area contributed by atoms with E-state index < -0.39 is 10.0 Å². The van der Waals surface area contributed by atoms with Crippen LogP contribution in [0.25, 0.3) is 0 Å². The lowest BCUT2D eigenvalue weighted by atomic mass is 10.4. The van der Waals surface area contributed by atoms with E-state index in [-0.39, 0.29) is 5.03 Å². The van der Waals surface area contributed by atoms with Crippen LogP contribution >= 0.6 is 0 Å². The summed E-state index contributed by atoms with van der Waals surface area (Å²) in [4.78, 5) is 10.8. The highest BCUT2D eigenvalue weighted by Gasteiger charge is 2.17. The Balaban J connectivity index is 2.27. The summed E-state index contributed by atoms with van der Waals surface area (Å²) in [5, 5.41) is 0.0441. The van der Waals surface area contributed by atoms with E-state index in [0.717, 1.165) is 5.69 Å². The highest BCUT2D eigenvalue weighted by molar-refractivity contribution is 7.92. The standard InChI is InChI=1S/C11H14N4O2S/c1-3-9-12-7-11(14-9)18(16,17)15-10-6-4-5-8(2)13-10/h4-7H,3H2,1-2H3,(H,12,14)(H,13,15). The third kappa shape index (κ3) is 2.67. The van der Waals surface area contributed by atoms with Crippen molar-refractivity contribution >= 4 is 15.8 Å². The molecular weight excluding hydrogens is 252 g/mol. The van der Waals surface area contributed by atoms with Crippen LogP contribution in [0.5, 0.6) is 0 Å². The first-order valence-electron chi connectivity index (χ1n) is 5.51. The van der Waals surface area contributed by atoms with Crippen molar-refractivity contribution in [2.24, 2.45) is 0 Å². The van der Waals surface area contributed by atoms with Crippen molar-refractivity contribution in [1.29, 1.82) is 0 Å². The lowest BCUT2D eigenvalue weighted by molar-refractivity contribution is 0.597. The van der Waals surface area contributed by atoms with Crippen LogP contribution in [0.1, 0.15) is 18.4 Å². The molecule has 0 saturated carbocycles. The molecule has 0 atom stereocenters. The number of imidazole rings is 1. The van der Waals surface area contributed by atoms with Gasteiger partial charge in [-0.3, -0.25) is 4.72 Å². The number of aryl methyl sites for hydroxylation is 2. The second-order valence-corrected chi connectivity index (χ2v) is 5.47. The summed E-state index contributed by atoms with van der Waals surface area (Å²) in [7, 11) is -3.65. The molecule has 6 nitrogen and oxygen atoms in total. The Labute approximate surface area is 106 Å². The van der Waals surface area contributed by atoms with Gasteiger partial charge in [0.1, 0.15) is 11.6 Å². The zero-order valence-electron chi connectivity index (χ0n) is 10.1. The first kappa shape index (κ1) is 12.6. The smallest absolute Gasteiger partial charge is 0.280 e. The van der Waals surface area contributed by atoms with Crippen LogP contribution < -0.4 is 4.72 Å². The molecule has 0 aliphatic heterocycles. The molecule has 2 rings (SSSR count). The molecule has 2 aromatic heterocycles. The van der Waals surface area contributed by atoms with Crippen molar-refractivity contribution in [1.82, 2.24) is 15.0 Å². The maximum Gasteiger partial charge on any atom is 0.280 e. The average molecular weight is 266 g/mol. The zero-order chi connectivity index (χ0) is 13.2. The van der Waals surface area contributed by atoms with Crippen molar-refractivity contribution in [3.8, 4) is 0 Å². The Morgan fingerprint density at radius 3 is 2.78 bits per heavy atom. The van der Waals surface area contributed by atoms with E-state index in [4.69, 9.17) is 0 Å². The van der Waals surface area contributed by atoms with E-state index >= 15 is 0 Å². The summed E-state index contributed by atoms with van der Waals surface area (Å²) in [5.74, 6) is 0.926. The molecule has 7 heteroatoms. The second kappa shape index (κ2) is 4.77. The van der Waals surface area contributed by atoms with Gasteiger partial charge in [-0.25, -0.2) is 9.97 Å². The van der Waals surface area contributed by atoms with Gasteiger partial charge in [0.15, 0.2) is 5.03 Å². The van der Waals surface area contributed by atoms with Crippen LogP contribution in [0.3, 0.4) is 0 Å². The summed E-state index contributed by atoms with van der Waals surface area (Å²) in [6.45, 7) is 3.69. The molecule has 0 aromatic carbocycles. The van der Waals surface area contributed by atoms with E-state index in [1.54, 1.807) is 25.1 Å². The molecule has 96 valence electrons. The van der Waals surface area contributed by atoms with Crippen molar-refractivity contribution in [3.05, 3.63) is 35.9 Å². The SMILES string of the molecule is CCc1ncc(S(=O)(=O)Nc2cccc(C)n2)[nH]1. The van der Waals surface area contributed by atoms with Gasteiger partial charge >= 0.3 is 0 Å². The lowest BCUT2D eigenvalue weighted by Gasteiger charge is -2.05. The van der Waals surface area contributed by atoms with Gasteiger partial charge in [0, 0.05) is 12.1 Å². The minimum absolute atomic E-state index is 0.0441. The third-order valence-corrected chi connectivity index (χ3v) is 3.62. The van der Waals surface area contributed by atoms with Crippen molar-refractivity contribution in [2.45, 2.75) is 25.3 Å². The maximum absolute atomic E-state index is 12.0. The molecule has 0 saturated heterocycles. The number of aromatic amines is 1. The first-order chi connectivity index (χ1) is 8.51. The number of hydrogen-bond acceptors (Lipinski definition) is 4. The number of nitrogens with one attached hydrogen (secondary N) is 2. The van der Waals surface area contributed by atoms with Crippen molar-refractivity contribution in [2.75, 3.05) is 4.72 Å². The quantitative estimate of drug-likeness (QED) is 0.877. The Kier molecular flexibility index (Phi) is 3.33. The Bertz CT molecular complexity index is 649. The van der Waals surface area contributed by atoms with Crippen LogP contribution in [0.2, 0.25) is 0 Å². The molecule has 0 fully saturated rings. The average Bonchev–Trinajstić information content (AvgIpc) is 2.77. The number of hydrogen-bond donors (Lipinski definition) is 2. The number of anilines is 1. The first-order valence-corrected chi connectivity index (χ1v) is 7.00. The normalized spacial score (nSPS) is 11.4. The molecule has 0 aliphatic carbocycles. The summed E-state index contributed by atoms with van der Waals surface area (Å²) >= 11 is 0. The molecule has 0 unspecified atom stereocenters. The van der Waals surface area contributed by atoms with Crippen LogP contribution in [-0.4, -0.2) is 23.4 Å². The predicted octanol–water partition coefficient (Wildman–Crippen LogP) is 1.48. The summed E-state index contributed by atoms with van der Waals surface area (Å²) in [5.41, 5.74) is 0.744. The highest BCUT2D eigenvalue weighted by Crippen LogP contribution is 2.12. The summed E-state index contributed by atoms with van der Waals surface area (Å²) in [6, 6.07) is 5.13. The van der Waals surface area contributed by atoms with E-state index in [0.29, 0.717) is 18.1 Å². The number of rotatable bonds is 4. The third-order valence-electron chi connectivity index (χ3n) is 2.36. The number of pyridine rings is 1. The summed E-state index contributed by atoms with van der Waals surface area (Å²) in [6.07, 6.45) is 1.95. The molecular formula is C11H14N4O2S. The molecule has 0 radical (unpaired) electrons. The van der Waals surface area contributed by atoms with Gasteiger partial charge in [-0.15, -0.1) is 0 Å². The van der Waals surface area contributed by atoms with Gasteiger partial charge in [-0.2, -0.15) is 8.42 Å². The van der Waals surface area contributed by atoms with E-state index in [2.05, 4.69) is 19.7 Å². The Hall–Kier alpha value is -1.89. The number of aromatic nitrogens is 3. The molecule has 0 bridgehead atoms. The Morgan fingerprint density at radius 2 is 2.17 bits per heavy atom. The lowest BCUT2D eigenvalue weighted by Crippen LogP contribution is -2.14. The van der Waals surface area contributed by atoms with E-state index in [9.17, 15) is 8.42 Å². The van der Waals surface area contributed by atoms with Crippen LogP contribution in [-0.2, 0) is 16.4 Å². The topological polar surface area (TPSA) is 87.7 Å². The molecule has 0 aliphatic rings. The van der Waals surface area contributed by atoms with Crippen LogP contribution in [0.4, 0.5) is 5.82 Å². The molecule has 2 heterocycles. The predicted molar refractivity (Wildman–Crippen MR) is 67.7 cm³/mol.